The molecule has 0 spiro atoms. The van der Waals surface area contributed by atoms with Crippen LogP contribution in [0.15, 0.2) is 0 Å². The quantitative estimate of drug-likeness (QED) is 0.594. The molecule has 0 aromatic carbocycles. The van der Waals surface area contributed by atoms with Gasteiger partial charge in [-0.3, -0.25) is 0 Å². The second-order valence-electron chi connectivity index (χ2n) is 5.21. The molecule has 76 valence electrons. The summed E-state index contributed by atoms with van der Waals surface area (Å²) in [7, 11) is 0. The second-order valence-corrected chi connectivity index (χ2v) is 5.21. The molecule has 13 heavy (non-hydrogen) atoms. The number of rotatable bonds is 0. The van der Waals surface area contributed by atoms with Crippen LogP contribution in [0.25, 0.3) is 0 Å². The van der Waals surface area contributed by atoms with E-state index in [0.717, 1.165) is 6.42 Å². The Balaban J connectivity index is 2.16. The lowest BCUT2D eigenvalue weighted by molar-refractivity contribution is -0.492. The lowest BCUT2D eigenvalue weighted by Crippen LogP contribution is -2.55. The van der Waals surface area contributed by atoms with Crippen molar-refractivity contribution < 1.29 is 9.84 Å². The van der Waals surface area contributed by atoms with E-state index in [2.05, 4.69) is 19.2 Å². The fraction of sp³-hybridized carbons (Fsp3) is 1.00. The van der Waals surface area contributed by atoms with Gasteiger partial charge in [-0.25, -0.2) is 0 Å². The molecular weight excluding hydrogens is 166 g/mol. The van der Waals surface area contributed by atoms with Crippen molar-refractivity contribution in [3.05, 3.63) is 0 Å². The summed E-state index contributed by atoms with van der Waals surface area (Å²) in [6, 6.07) is 0. The maximum atomic E-state index is 11.9. The van der Waals surface area contributed by atoms with Gasteiger partial charge < -0.3 is 15.2 Å². The maximum Gasteiger partial charge on any atom is 0.111 e. The summed E-state index contributed by atoms with van der Waals surface area (Å²) in [5, 5.41) is 14.9. The van der Waals surface area contributed by atoms with Gasteiger partial charge in [0.25, 0.3) is 0 Å². The third kappa shape index (κ3) is 1.39. The lowest BCUT2D eigenvalue weighted by atomic mass is 9.85. The molecule has 0 aliphatic carbocycles. The van der Waals surface area contributed by atoms with Crippen LogP contribution < -0.4 is 10.4 Å². The molecule has 0 radical (unpaired) electrons. The number of hydrogen-bond acceptors (Lipinski definition) is 3. The van der Waals surface area contributed by atoms with Crippen LogP contribution in [0.4, 0.5) is 0 Å². The molecule has 0 aromatic heterocycles. The first-order valence-electron chi connectivity index (χ1n) is 4.98. The molecule has 0 saturated carbocycles. The normalized spacial score (nSPS) is 53.8. The highest BCUT2D eigenvalue weighted by atomic mass is 16.5. The summed E-state index contributed by atoms with van der Waals surface area (Å²) in [5.41, 5.74) is -1.07. The summed E-state index contributed by atoms with van der Waals surface area (Å²) in [6.07, 6.45) is 0.969. The first-order valence-corrected chi connectivity index (χ1v) is 4.98. The molecule has 2 saturated heterocycles. The molecule has 3 heteroatoms. The van der Waals surface area contributed by atoms with Crippen molar-refractivity contribution in [1.82, 2.24) is 5.32 Å². The van der Waals surface area contributed by atoms with Crippen molar-refractivity contribution in [2.75, 3.05) is 0 Å². The monoisotopic (exact) mass is 184 g/mol. The highest BCUT2D eigenvalue weighted by molar-refractivity contribution is 5.00. The first-order chi connectivity index (χ1) is 5.82. The average molecular weight is 184 g/mol. The van der Waals surface area contributed by atoms with Crippen LogP contribution in [0.1, 0.15) is 34.1 Å². The molecule has 2 rings (SSSR count). The summed E-state index contributed by atoms with van der Waals surface area (Å²) >= 11 is 0. The zero-order valence-corrected chi connectivity index (χ0v) is 8.76. The lowest BCUT2D eigenvalue weighted by Gasteiger charge is -2.39. The average Bonchev–Trinajstić information content (AvgIpc) is 2.30. The van der Waals surface area contributed by atoms with Gasteiger partial charge >= 0.3 is 0 Å². The molecule has 2 aliphatic heterocycles. The van der Waals surface area contributed by atoms with Crippen molar-refractivity contribution in [2.24, 2.45) is 11.8 Å². The minimum atomic E-state index is -1.01. The van der Waals surface area contributed by atoms with Crippen molar-refractivity contribution in [3.63, 3.8) is 0 Å². The van der Waals surface area contributed by atoms with E-state index in [1.54, 1.807) is 6.92 Å². The van der Waals surface area contributed by atoms with Crippen LogP contribution in [0.3, 0.4) is 0 Å². The van der Waals surface area contributed by atoms with E-state index in [1.807, 2.05) is 6.92 Å². The van der Waals surface area contributed by atoms with Crippen molar-refractivity contribution in [2.45, 2.75) is 51.7 Å². The van der Waals surface area contributed by atoms with Gasteiger partial charge in [0.05, 0.1) is 5.60 Å². The Morgan fingerprint density at radius 3 is 2.54 bits per heavy atom. The highest BCUT2D eigenvalue weighted by Crippen LogP contribution is 2.44. The van der Waals surface area contributed by atoms with E-state index in [9.17, 15) is 5.11 Å². The van der Waals surface area contributed by atoms with Gasteiger partial charge in [0, 0.05) is 5.92 Å². The molecule has 0 amide bonds. The van der Waals surface area contributed by atoms with Crippen molar-refractivity contribution in [1.29, 1.82) is 0 Å². The molecule has 2 fully saturated rings. The van der Waals surface area contributed by atoms with Gasteiger partial charge in [0.1, 0.15) is 6.23 Å². The Hall–Kier alpha value is -0.120. The molecule has 2 heterocycles. The summed E-state index contributed by atoms with van der Waals surface area (Å²) in [5.74, 6) is 0.539. The second kappa shape index (κ2) is 2.47. The Labute approximate surface area is 79.5 Å². The number of nitrogens with one attached hydrogen (secondary N) is 1. The SMILES string of the molecule is C[C@H]1[C@H]2CC(C)(C)O[C@H]2N[C@@]1(C)[O-]. The van der Waals surface area contributed by atoms with E-state index in [4.69, 9.17) is 4.74 Å². The van der Waals surface area contributed by atoms with Gasteiger partial charge in [0.2, 0.25) is 0 Å². The van der Waals surface area contributed by atoms with Gasteiger partial charge in [0.15, 0.2) is 0 Å². The molecular formula is C10H18NO2-. The van der Waals surface area contributed by atoms with Gasteiger partial charge in [-0.2, -0.15) is 0 Å². The van der Waals surface area contributed by atoms with E-state index in [-0.39, 0.29) is 17.7 Å². The molecule has 0 bridgehead atoms. The maximum absolute atomic E-state index is 11.9. The Morgan fingerprint density at radius 1 is 1.38 bits per heavy atom. The molecule has 1 N–H and O–H groups in total. The third-order valence-electron chi connectivity index (χ3n) is 3.50. The van der Waals surface area contributed by atoms with Gasteiger partial charge in [-0.05, 0) is 26.2 Å². The molecule has 0 unspecified atom stereocenters. The number of fused-ring (bicyclic) bond motifs is 1. The van der Waals surface area contributed by atoms with E-state index in [0.29, 0.717) is 5.92 Å². The van der Waals surface area contributed by atoms with Crippen LogP contribution in [-0.2, 0) is 4.74 Å². The Kier molecular flexibility index (Phi) is 1.79. The number of hydrogen-bond donors (Lipinski definition) is 1. The van der Waals surface area contributed by atoms with Crippen molar-refractivity contribution in [3.8, 4) is 0 Å². The van der Waals surface area contributed by atoms with Gasteiger partial charge in [-0.1, -0.05) is 19.6 Å². The topological polar surface area (TPSA) is 44.3 Å². The standard InChI is InChI=1S/C10H18NO2/c1-6-7-5-9(2,3)13-8(7)11-10(6,4)12/h6-8,11H,5H2,1-4H3/q-1/t6-,7+,8+,10-/m0/s1. The minimum absolute atomic E-state index is 0.0208. The molecule has 0 aromatic rings. The first kappa shape index (κ1) is 9.44. The van der Waals surface area contributed by atoms with Crippen LogP contribution in [0.2, 0.25) is 0 Å². The summed E-state index contributed by atoms with van der Waals surface area (Å²) in [6.45, 7) is 7.91. The third-order valence-corrected chi connectivity index (χ3v) is 3.50. The summed E-state index contributed by atoms with van der Waals surface area (Å²) < 4.78 is 5.77. The van der Waals surface area contributed by atoms with E-state index in [1.165, 1.54) is 0 Å². The zero-order chi connectivity index (χ0) is 9.85. The smallest absolute Gasteiger partial charge is 0.111 e. The molecule has 2 aliphatic rings. The van der Waals surface area contributed by atoms with Crippen LogP contribution >= 0.6 is 0 Å². The number of ether oxygens (including phenoxy) is 1. The zero-order valence-electron chi connectivity index (χ0n) is 8.76. The fourth-order valence-corrected chi connectivity index (χ4v) is 2.55. The van der Waals surface area contributed by atoms with E-state index < -0.39 is 5.72 Å². The minimum Gasteiger partial charge on any atom is -0.838 e. The fourth-order valence-electron chi connectivity index (χ4n) is 2.55. The predicted octanol–water partition coefficient (Wildman–Crippen LogP) is 0.443. The highest BCUT2D eigenvalue weighted by Gasteiger charge is 2.50. The Morgan fingerprint density at radius 2 is 2.00 bits per heavy atom. The molecule has 4 atom stereocenters. The largest absolute Gasteiger partial charge is 0.838 e. The summed E-state index contributed by atoms with van der Waals surface area (Å²) in [4.78, 5) is 0. The van der Waals surface area contributed by atoms with Crippen LogP contribution in [0.5, 0.6) is 0 Å². The Bertz CT molecular complexity index is 225. The van der Waals surface area contributed by atoms with Crippen molar-refractivity contribution >= 4 is 0 Å². The van der Waals surface area contributed by atoms with E-state index >= 15 is 0 Å². The molecule has 3 nitrogen and oxygen atoms in total. The predicted molar refractivity (Wildman–Crippen MR) is 47.8 cm³/mol. The van der Waals surface area contributed by atoms with Crippen LogP contribution in [-0.4, -0.2) is 17.6 Å². The van der Waals surface area contributed by atoms with Crippen LogP contribution in [0, 0.1) is 11.8 Å². The van der Waals surface area contributed by atoms with Gasteiger partial charge in [-0.15, -0.1) is 0 Å².